The average molecular weight is 1030 g/mol. The SMILES string of the molecule is CSCC[C@H](CC(=O)c1cccc(CCC(=O)CN2CCN(CC(=O)O)CCN(CC(=O)O)CCN(CC(=O)O)CC2)c1)C(=O)NCC(=O)C[C@@H](CCCCCC(=O)Cc1ccc(N=C=S)cc1)C(=O)O. The van der Waals surface area contributed by atoms with Crippen molar-refractivity contribution < 1.29 is 63.6 Å². The fraction of sp³-hybridized carbons (Fsp3) is 0.560. The molecular weight excluding hydrogens is 957 g/mol. The first-order chi connectivity index (χ1) is 33.9. The zero-order chi connectivity index (χ0) is 52.1. The first-order valence-corrected chi connectivity index (χ1v) is 25.6. The molecule has 19 nitrogen and oxygen atoms in total. The summed E-state index contributed by atoms with van der Waals surface area (Å²) in [6.07, 6.45) is 4.82. The fourth-order valence-corrected chi connectivity index (χ4v) is 8.79. The van der Waals surface area contributed by atoms with Gasteiger partial charge in [-0.1, -0.05) is 43.2 Å². The predicted octanol–water partition coefficient (Wildman–Crippen LogP) is 3.88. The van der Waals surface area contributed by atoms with E-state index >= 15 is 0 Å². The van der Waals surface area contributed by atoms with E-state index in [-0.39, 0.29) is 121 Å². The molecule has 0 spiro atoms. The molecule has 0 saturated carbocycles. The maximum absolute atomic E-state index is 13.6. The van der Waals surface area contributed by atoms with Crippen LogP contribution in [0, 0.1) is 11.8 Å². The Kier molecular flexibility index (Phi) is 27.9. The van der Waals surface area contributed by atoms with Crippen molar-refractivity contribution in [3.05, 3.63) is 65.2 Å². The molecule has 5 N–H and O–H groups in total. The highest BCUT2D eigenvalue weighted by molar-refractivity contribution is 7.98. The topological polar surface area (TPSA) is 272 Å². The first kappa shape index (κ1) is 59.8. The van der Waals surface area contributed by atoms with Gasteiger partial charge in [0.25, 0.3) is 0 Å². The molecule has 0 unspecified atom stereocenters. The van der Waals surface area contributed by atoms with Crippen molar-refractivity contribution in [3.63, 3.8) is 0 Å². The number of isothiocyanates is 1. The van der Waals surface area contributed by atoms with Crippen LogP contribution in [0.1, 0.15) is 79.3 Å². The first-order valence-electron chi connectivity index (χ1n) is 23.8. The summed E-state index contributed by atoms with van der Waals surface area (Å²) in [6.45, 7) is 1.00. The minimum Gasteiger partial charge on any atom is -0.481 e. The second-order valence-corrected chi connectivity index (χ2v) is 19.0. The highest BCUT2D eigenvalue weighted by Crippen LogP contribution is 2.20. The van der Waals surface area contributed by atoms with Gasteiger partial charge in [-0.25, -0.2) is 0 Å². The normalized spacial score (nSPS) is 15.2. The third-order valence-corrected chi connectivity index (χ3v) is 12.9. The molecule has 388 valence electrons. The van der Waals surface area contributed by atoms with Crippen molar-refractivity contribution in [2.75, 3.05) is 97.1 Å². The lowest BCUT2D eigenvalue weighted by Crippen LogP contribution is -2.49. The summed E-state index contributed by atoms with van der Waals surface area (Å²) in [4.78, 5) is 123. The maximum atomic E-state index is 13.6. The van der Waals surface area contributed by atoms with Crippen LogP contribution in [0.15, 0.2) is 53.5 Å². The van der Waals surface area contributed by atoms with Crippen LogP contribution in [0.25, 0.3) is 0 Å². The van der Waals surface area contributed by atoms with E-state index in [0.29, 0.717) is 68.6 Å². The number of thiocarbonyl (C=S) groups is 1. The number of aliphatic carboxylic acids is 4. The number of benzene rings is 2. The molecule has 1 heterocycles. The van der Waals surface area contributed by atoms with Crippen LogP contribution in [0.5, 0.6) is 0 Å². The number of amides is 1. The lowest BCUT2D eigenvalue weighted by Gasteiger charge is -2.32. The Bertz CT molecular complexity index is 2140. The lowest BCUT2D eigenvalue weighted by atomic mass is 9.93. The minimum absolute atomic E-state index is 0.0191. The number of hydrogen-bond donors (Lipinski definition) is 5. The predicted molar refractivity (Wildman–Crippen MR) is 271 cm³/mol. The number of nitrogens with one attached hydrogen (secondary N) is 1. The number of nitrogens with zero attached hydrogens (tertiary/aromatic N) is 5. The Hall–Kier alpha value is -5.54. The van der Waals surface area contributed by atoms with E-state index in [9.17, 15) is 63.6 Å². The molecule has 2 aromatic rings. The van der Waals surface area contributed by atoms with E-state index in [0.717, 1.165) is 11.1 Å². The third-order valence-electron chi connectivity index (χ3n) is 12.1. The Labute approximate surface area is 424 Å². The fourth-order valence-electron chi connectivity index (χ4n) is 8.16. The van der Waals surface area contributed by atoms with Gasteiger partial charge >= 0.3 is 23.9 Å². The molecular formula is C50H68N6O13S2. The Morgan fingerprint density at radius 1 is 0.648 bits per heavy atom. The molecule has 0 radical (unpaired) electrons. The van der Waals surface area contributed by atoms with Crippen LogP contribution < -0.4 is 5.32 Å². The summed E-state index contributed by atoms with van der Waals surface area (Å²) >= 11 is 6.10. The molecule has 21 heteroatoms. The number of carboxylic acid groups (broad SMARTS) is 4. The molecule has 1 fully saturated rings. The van der Waals surface area contributed by atoms with Gasteiger partial charge in [-0.05, 0) is 79.2 Å². The van der Waals surface area contributed by atoms with Gasteiger partial charge < -0.3 is 25.7 Å². The van der Waals surface area contributed by atoms with Crippen molar-refractivity contribution in [2.24, 2.45) is 16.8 Å². The number of rotatable bonds is 32. The monoisotopic (exact) mass is 1020 g/mol. The molecule has 71 heavy (non-hydrogen) atoms. The Morgan fingerprint density at radius 2 is 1.21 bits per heavy atom. The summed E-state index contributed by atoms with van der Waals surface area (Å²) < 4.78 is 0. The number of aryl methyl sites for hydroxylation is 1. The molecule has 0 aromatic heterocycles. The van der Waals surface area contributed by atoms with Crippen LogP contribution in [0.2, 0.25) is 0 Å². The minimum atomic E-state index is -1.12. The molecule has 1 saturated heterocycles. The second-order valence-electron chi connectivity index (χ2n) is 17.8. The molecule has 2 aromatic carbocycles. The van der Waals surface area contributed by atoms with Crippen LogP contribution in [0.3, 0.4) is 0 Å². The van der Waals surface area contributed by atoms with Crippen LogP contribution in [0.4, 0.5) is 5.69 Å². The van der Waals surface area contributed by atoms with E-state index in [1.165, 1.54) is 11.8 Å². The van der Waals surface area contributed by atoms with Gasteiger partial charge in [-0.3, -0.25) is 62.8 Å². The van der Waals surface area contributed by atoms with Crippen molar-refractivity contribution in [1.29, 1.82) is 0 Å². The molecule has 2 atom stereocenters. The standard InChI is InChI=1S/C50H68N6O13S2/c1-71-25-16-39(49(67)51-30-44(59)28-40(50(68)69)7-3-2-4-9-42(57)27-37-10-13-41(14-11-37)52-35-70)29-45(60)38-8-5-6-36(26-38)12-15-43(58)31-53-17-19-54(32-46(61)62)21-23-56(34-48(65)66)24-22-55(20-18-53)33-47(63)64/h5-6,8,10-11,13-14,26,39-40H,2-4,7,9,12,15-25,27-34H2,1H3,(H,51,67)(H,61,62)(H,63,64)(H,65,66)(H,68,69)/t39-,40-/m1/s1. The largest absolute Gasteiger partial charge is 0.481 e. The van der Waals surface area contributed by atoms with E-state index in [1.54, 1.807) is 63.2 Å². The number of Topliss-reactive ketones (excluding diaryl/α,β-unsaturated/α-hetero) is 4. The second kappa shape index (κ2) is 33.2. The number of ketones is 4. The molecule has 1 amide bonds. The van der Waals surface area contributed by atoms with E-state index in [4.69, 9.17) is 0 Å². The van der Waals surface area contributed by atoms with Gasteiger partial charge in [-0.15, -0.1) is 0 Å². The summed E-state index contributed by atoms with van der Waals surface area (Å²) in [5, 5.41) is 43.2. The van der Waals surface area contributed by atoms with Crippen LogP contribution >= 0.6 is 24.0 Å². The van der Waals surface area contributed by atoms with Crippen LogP contribution in [-0.4, -0.2) is 195 Å². The molecule has 1 aliphatic heterocycles. The van der Waals surface area contributed by atoms with Gasteiger partial charge in [0.15, 0.2) is 11.6 Å². The van der Waals surface area contributed by atoms with Crippen molar-refractivity contribution >= 4 is 87.7 Å². The number of aliphatic imine (C=N–C) groups is 1. The highest BCUT2D eigenvalue weighted by atomic mass is 32.2. The van der Waals surface area contributed by atoms with Gasteiger partial charge in [-0.2, -0.15) is 16.8 Å². The molecule has 1 aliphatic rings. The number of hydrogen-bond acceptors (Lipinski definition) is 16. The summed E-state index contributed by atoms with van der Waals surface area (Å²) in [6, 6.07) is 13.9. The maximum Gasteiger partial charge on any atom is 0.317 e. The quantitative estimate of drug-likeness (QED) is 0.0301. The summed E-state index contributed by atoms with van der Waals surface area (Å²) in [7, 11) is 0. The lowest BCUT2D eigenvalue weighted by molar-refractivity contribution is -0.144. The van der Waals surface area contributed by atoms with E-state index in [1.807, 2.05) is 11.2 Å². The Balaban J connectivity index is 1.51. The smallest absolute Gasteiger partial charge is 0.317 e. The van der Waals surface area contributed by atoms with Gasteiger partial charge in [0.1, 0.15) is 11.6 Å². The van der Waals surface area contributed by atoms with Gasteiger partial charge in [0.2, 0.25) is 5.91 Å². The Morgan fingerprint density at radius 3 is 1.73 bits per heavy atom. The van der Waals surface area contributed by atoms with Crippen molar-refractivity contribution in [1.82, 2.24) is 24.9 Å². The van der Waals surface area contributed by atoms with E-state index < -0.39 is 47.4 Å². The van der Waals surface area contributed by atoms with Crippen molar-refractivity contribution in [3.8, 4) is 0 Å². The zero-order valence-corrected chi connectivity index (χ0v) is 42.1. The summed E-state index contributed by atoms with van der Waals surface area (Å²) in [5.41, 5.74) is 2.58. The summed E-state index contributed by atoms with van der Waals surface area (Å²) in [5.74, 6) is -6.69. The number of thioether (sulfide) groups is 1. The third kappa shape index (κ3) is 25.4. The van der Waals surface area contributed by atoms with Crippen molar-refractivity contribution in [2.45, 2.75) is 70.6 Å². The number of unbranched alkanes of at least 4 members (excludes halogenated alkanes) is 2. The zero-order valence-electron chi connectivity index (χ0n) is 40.5. The molecule has 3 rings (SSSR count). The molecule has 0 bridgehead atoms. The molecule has 0 aliphatic carbocycles. The van der Waals surface area contributed by atoms with Gasteiger partial charge in [0.05, 0.1) is 49.5 Å². The number of carbonyl (C=O) groups is 9. The number of carboxylic acids is 4. The average Bonchev–Trinajstić information content (AvgIpc) is 3.31. The van der Waals surface area contributed by atoms with Crippen LogP contribution in [-0.2, 0) is 51.2 Å². The van der Waals surface area contributed by atoms with Gasteiger partial charge in [0, 0.05) is 95.9 Å². The van der Waals surface area contributed by atoms with E-state index in [2.05, 4.69) is 27.7 Å². The highest BCUT2D eigenvalue weighted by Gasteiger charge is 2.26. The number of carbonyl (C=O) groups excluding carboxylic acids is 5.